The van der Waals surface area contributed by atoms with Crippen LogP contribution in [0.15, 0.2) is 52.4 Å². The van der Waals surface area contributed by atoms with Gasteiger partial charge in [0.05, 0.1) is 26.7 Å². The maximum Gasteiger partial charge on any atom is 0.326 e. The summed E-state index contributed by atoms with van der Waals surface area (Å²) in [5, 5.41) is 0.424. The fraction of sp³-hybridized carbons (Fsp3) is 0.318. The summed E-state index contributed by atoms with van der Waals surface area (Å²) in [5.74, 6) is -1.04. The van der Waals surface area contributed by atoms with Gasteiger partial charge in [-0.25, -0.2) is 8.42 Å². The molecule has 0 radical (unpaired) electrons. The third-order valence-corrected chi connectivity index (χ3v) is 8.30. The van der Waals surface area contributed by atoms with Crippen molar-refractivity contribution in [3.8, 4) is 0 Å². The Balaban J connectivity index is 2.01. The number of esters is 1. The van der Waals surface area contributed by atoms with Gasteiger partial charge < -0.3 is 9.30 Å². The van der Waals surface area contributed by atoms with Gasteiger partial charge in [-0.15, -0.1) is 0 Å². The molecule has 0 unspecified atom stereocenters. The number of carbonyl (C=O) groups is 2. The summed E-state index contributed by atoms with van der Waals surface area (Å²) in [6, 6.07) is 10.9. The highest BCUT2D eigenvalue weighted by Crippen LogP contribution is 2.25. The molecule has 0 saturated carbocycles. The second kappa shape index (κ2) is 10.6. The molecule has 3 rings (SSSR count). The summed E-state index contributed by atoms with van der Waals surface area (Å²) in [5.41, 5.74) is 0.809. The van der Waals surface area contributed by atoms with Crippen molar-refractivity contribution < 1.29 is 22.7 Å². The Morgan fingerprint density at radius 3 is 2.36 bits per heavy atom. The first-order valence-corrected chi connectivity index (χ1v) is 13.0. The van der Waals surface area contributed by atoms with E-state index in [1.54, 1.807) is 37.5 Å². The van der Waals surface area contributed by atoms with Crippen LogP contribution in [0.4, 0.5) is 0 Å². The van der Waals surface area contributed by atoms with E-state index in [1.807, 2.05) is 6.07 Å². The Labute approximate surface area is 201 Å². The number of halogens is 1. The van der Waals surface area contributed by atoms with Gasteiger partial charge in [-0.2, -0.15) is 9.30 Å². The molecule has 3 aromatic rings. The number of amides is 1. The number of hydrogen-bond donors (Lipinski definition) is 0. The van der Waals surface area contributed by atoms with Gasteiger partial charge in [0, 0.05) is 18.7 Å². The van der Waals surface area contributed by atoms with Gasteiger partial charge in [-0.1, -0.05) is 42.9 Å². The molecule has 0 aliphatic rings. The van der Waals surface area contributed by atoms with Crippen molar-refractivity contribution in [1.82, 2.24) is 8.87 Å². The Morgan fingerprint density at radius 2 is 1.76 bits per heavy atom. The molecule has 0 N–H and O–H groups in total. The van der Waals surface area contributed by atoms with E-state index in [9.17, 15) is 18.0 Å². The van der Waals surface area contributed by atoms with Gasteiger partial charge in [-0.3, -0.25) is 9.59 Å². The van der Waals surface area contributed by atoms with Crippen molar-refractivity contribution in [2.75, 3.05) is 19.7 Å². The first-order chi connectivity index (χ1) is 15.7. The quantitative estimate of drug-likeness (QED) is 0.431. The van der Waals surface area contributed by atoms with Crippen LogP contribution in [0.2, 0.25) is 5.02 Å². The number of aromatic nitrogens is 1. The van der Waals surface area contributed by atoms with Gasteiger partial charge in [0.25, 0.3) is 5.91 Å². The average Bonchev–Trinajstić information content (AvgIpc) is 3.12. The number of sulfonamides is 1. The van der Waals surface area contributed by atoms with Crippen LogP contribution in [0, 0.1) is 0 Å². The molecule has 33 heavy (non-hydrogen) atoms. The third kappa shape index (κ3) is 5.35. The number of para-hydroxylation sites is 1. The van der Waals surface area contributed by atoms with Crippen LogP contribution >= 0.6 is 22.9 Å². The van der Waals surface area contributed by atoms with Crippen LogP contribution < -0.4 is 4.80 Å². The number of hydrogen-bond acceptors (Lipinski definition) is 6. The molecule has 0 aliphatic heterocycles. The Hall–Kier alpha value is -2.53. The average molecular weight is 510 g/mol. The molecule has 11 heteroatoms. The Kier molecular flexibility index (Phi) is 8.06. The molecule has 1 heterocycles. The van der Waals surface area contributed by atoms with Gasteiger partial charge in [0.15, 0.2) is 4.80 Å². The summed E-state index contributed by atoms with van der Waals surface area (Å²) in [6.45, 7) is 6.02. The molecule has 1 amide bonds. The maximum absolute atomic E-state index is 12.9. The van der Waals surface area contributed by atoms with Crippen molar-refractivity contribution in [2.24, 2.45) is 4.99 Å². The van der Waals surface area contributed by atoms with E-state index in [1.165, 1.54) is 39.9 Å². The van der Waals surface area contributed by atoms with Crippen LogP contribution in [-0.4, -0.2) is 48.9 Å². The summed E-state index contributed by atoms with van der Waals surface area (Å²) in [6.07, 6.45) is 0. The van der Waals surface area contributed by atoms with Gasteiger partial charge >= 0.3 is 5.97 Å². The van der Waals surface area contributed by atoms with Crippen LogP contribution in [0.1, 0.15) is 31.1 Å². The van der Waals surface area contributed by atoms with E-state index < -0.39 is 21.9 Å². The summed E-state index contributed by atoms with van der Waals surface area (Å²) < 4.78 is 34.0. The van der Waals surface area contributed by atoms with E-state index >= 15 is 0 Å². The highest BCUT2D eigenvalue weighted by molar-refractivity contribution is 7.89. The fourth-order valence-electron chi connectivity index (χ4n) is 3.29. The van der Waals surface area contributed by atoms with Crippen LogP contribution in [-0.2, 0) is 26.1 Å². The first-order valence-electron chi connectivity index (χ1n) is 10.4. The lowest BCUT2D eigenvalue weighted by Gasteiger charge is -2.18. The monoisotopic (exact) mass is 509 g/mol. The van der Waals surface area contributed by atoms with E-state index in [4.69, 9.17) is 16.3 Å². The highest BCUT2D eigenvalue weighted by Gasteiger charge is 2.22. The second-order valence-corrected chi connectivity index (χ2v) is 10.2. The van der Waals surface area contributed by atoms with Gasteiger partial charge in [-0.05, 0) is 43.3 Å². The van der Waals surface area contributed by atoms with Crippen molar-refractivity contribution in [3.63, 3.8) is 0 Å². The number of carbonyl (C=O) groups excluding carboxylic acids is 2. The van der Waals surface area contributed by atoms with E-state index in [-0.39, 0.29) is 28.4 Å². The number of ether oxygens (including phenoxy) is 1. The maximum atomic E-state index is 12.9. The smallest absolute Gasteiger partial charge is 0.326 e. The molecule has 0 atom stereocenters. The first kappa shape index (κ1) is 25.1. The Bertz CT molecular complexity index is 1340. The highest BCUT2D eigenvalue weighted by atomic mass is 35.5. The van der Waals surface area contributed by atoms with E-state index in [2.05, 4.69) is 4.99 Å². The SMILES string of the molecule is CCOC(=O)Cn1c(=NC(=O)c2ccc(S(=O)(=O)N(CC)CC)cc2)sc2cccc(Cl)c21. The molecular weight excluding hydrogens is 486 g/mol. The lowest BCUT2D eigenvalue weighted by Crippen LogP contribution is -2.30. The number of benzene rings is 2. The minimum Gasteiger partial charge on any atom is -0.465 e. The molecule has 0 spiro atoms. The van der Waals surface area contributed by atoms with Crippen molar-refractivity contribution in [2.45, 2.75) is 32.2 Å². The normalized spacial score (nSPS) is 12.5. The molecule has 2 aromatic carbocycles. The summed E-state index contributed by atoms with van der Waals surface area (Å²) >= 11 is 7.56. The van der Waals surface area contributed by atoms with Crippen LogP contribution in [0.25, 0.3) is 10.2 Å². The standard InChI is InChI=1S/C22H24ClN3O5S2/c1-4-25(5-2)33(29,30)16-12-10-15(11-13-16)21(28)24-22-26(14-19(27)31-6-3)20-17(23)8-7-9-18(20)32-22/h7-13H,4-6,14H2,1-3H3. The zero-order valence-electron chi connectivity index (χ0n) is 18.4. The summed E-state index contributed by atoms with van der Waals surface area (Å²) in [7, 11) is -3.63. The number of nitrogens with zero attached hydrogens (tertiary/aromatic N) is 3. The van der Waals surface area contributed by atoms with Gasteiger partial charge in [0.1, 0.15) is 6.54 Å². The largest absolute Gasteiger partial charge is 0.465 e. The van der Waals surface area contributed by atoms with Crippen molar-refractivity contribution in [3.05, 3.63) is 57.9 Å². The number of fused-ring (bicyclic) bond motifs is 1. The number of rotatable bonds is 8. The minimum atomic E-state index is -3.63. The summed E-state index contributed by atoms with van der Waals surface area (Å²) in [4.78, 5) is 29.6. The van der Waals surface area contributed by atoms with Gasteiger partial charge in [0.2, 0.25) is 10.0 Å². The second-order valence-electron chi connectivity index (χ2n) is 6.89. The topological polar surface area (TPSA) is 98.0 Å². The predicted octanol–water partition coefficient (Wildman–Crippen LogP) is 3.69. The fourth-order valence-corrected chi connectivity index (χ4v) is 6.13. The predicted molar refractivity (Wildman–Crippen MR) is 128 cm³/mol. The molecule has 0 aliphatic carbocycles. The molecule has 0 bridgehead atoms. The van der Waals surface area contributed by atoms with Crippen LogP contribution in [0.3, 0.4) is 0 Å². The molecule has 176 valence electrons. The molecular formula is C22H24ClN3O5S2. The number of thiazole rings is 1. The Morgan fingerprint density at radius 1 is 1.09 bits per heavy atom. The molecule has 1 aromatic heterocycles. The van der Waals surface area contributed by atoms with Crippen molar-refractivity contribution >= 4 is 55.1 Å². The molecule has 0 saturated heterocycles. The third-order valence-electron chi connectivity index (χ3n) is 4.89. The molecule has 8 nitrogen and oxygen atoms in total. The van der Waals surface area contributed by atoms with E-state index in [0.717, 1.165) is 4.70 Å². The van der Waals surface area contributed by atoms with Crippen molar-refractivity contribution in [1.29, 1.82) is 0 Å². The lowest BCUT2D eigenvalue weighted by molar-refractivity contribution is -0.143. The lowest BCUT2D eigenvalue weighted by atomic mass is 10.2. The zero-order valence-corrected chi connectivity index (χ0v) is 20.8. The zero-order chi connectivity index (χ0) is 24.2. The van der Waals surface area contributed by atoms with E-state index in [0.29, 0.717) is 23.6 Å². The molecule has 0 fully saturated rings. The van der Waals surface area contributed by atoms with Crippen LogP contribution in [0.5, 0.6) is 0 Å². The minimum absolute atomic E-state index is 0.105.